The lowest BCUT2D eigenvalue weighted by Crippen LogP contribution is -2.46. The predicted octanol–water partition coefficient (Wildman–Crippen LogP) is 2.25. The zero-order chi connectivity index (χ0) is 14.5. The summed E-state index contributed by atoms with van der Waals surface area (Å²) in [5.41, 5.74) is 0.880. The minimum Gasteiger partial charge on any atom is -0.379 e. The summed E-state index contributed by atoms with van der Waals surface area (Å²) in [4.78, 5) is 2.27. The highest BCUT2D eigenvalue weighted by Crippen LogP contribution is 2.30. The van der Waals surface area contributed by atoms with Crippen LogP contribution in [0.1, 0.15) is 11.1 Å². The fourth-order valence-electron chi connectivity index (χ4n) is 2.86. The Bertz CT molecular complexity index is 510. The maximum atomic E-state index is 11.4. The van der Waals surface area contributed by atoms with Gasteiger partial charge in [0.05, 0.1) is 13.2 Å². The summed E-state index contributed by atoms with van der Waals surface area (Å²) in [6, 6.07) is 19.8. The number of nitrogens with zero attached hydrogens (tertiary/aromatic N) is 1. The van der Waals surface area contributed by atoms with Crippen LogP contribution in [0.3, 0.4) is 0 Å². The quantitative estimate of drug-likeness (QED) is 0.934. The SMILES string of the molecule is OC(CN1CCOCC1)(c1ccccc1)c1ccccc1. The van der Waals surface area contributed by atoms with E-state index >= 15 is 0 Å². The molecular formula is C18H21NO2. The molecule has 0 aliphatic carbocycles. The van der Waals surface area contributed by atoms with Gasteiger partial charge in [-0.05, 0) is 11.1 Å². The van der Waals surface area contributed by atoms with E-state index in [2.05, 4.69) is 4.90 Å². The van der Waals surface area contributed by atoms with Crippen molar-refractivity contribution in [3.05, 3.63) is 71.8 Å². The van der Waals surface area contributed by atoms with E-state index in [1.165, 1.54) is 0 Å². The Labute approximate surface area is 125 Å². The van der Waals surface area contributed by atoms with Crippen LogP contribution < -0.4 is 0 Å². The first-order valence-corrected chi connectivity index (χ1v) is 7.42. The summed E-state index contributed by atoms with van der Waals surface area (Å²) in [7, 11) is 0. The maximum Gasteiger partial charge on any atom is 0.127 e. The van der Waals surface area contributed by atoms with Crippen LogP contribution in [0.15, 0.2) is 60.7 Å². The minimum atomic E-state index is -0.986. The molecule has 0 unspecified atom stereocenters. The number of aliphatic hydroxyl groups is 1. The molecule has 0 amide bonds. The fourth-order valence-corrected chi connectivity index (χ4v) is 2.86. The zero-order valence-corrected chi connectivity index (χ0v) is 12.1. The molecular weight excluding hydrogens is 262 g/mol. The molecule has 0 saturated carbocycles. The number of β-amino-alcohol motifs (C(OH)–C–C–N with tert-alkyl or cyclic N) is 1. The van der Waals surface area contributed by atoms with E-state index in [1.807, 2.05) is 60.7 Å². The van der Waals surface area contributed by atoms with E-state index in [4.69, 9.17) is 4.74 Å². The highest BCUT2D eigenvalue weighted by molar-refractivity contribution is 5.36. The van der Waals surface area contributed by atoms with Crippen molar-refractivity contribution >= 4 is 0 Å². The first kappa shape index (κ1) is 14.3. The molecule has 1 heterocycles. The monoisotopic (exact) mass is 283 g/mol. The van der Waals surface area contributed by atoms with Gasteiger partial charge in [0, 0.05) is 19.6 Å². The molecule has 0 radical (unpaired) electrons. The van der Waals surface area contributed by atoms with Crippen molar-refractivity contribution < 1.29 is 9.84 Å². The van der Waals surface area contributed by atoms with Crippen LogP contribution >= 0.6 is 0 Å². The molecule has 3 heteroatoms. The Morgan fingerprint density at radius 2 is 1.33 bits per heavy atom. The van der Waals surface area contributed by atoms with Gasteiger partial charge in [-0.2, -0.15) is 0 Å². The lowest BCUT2D eigenvalue weighted by atomic mass is 9.85. The molecule has 1 N–H and O–H groups in total. The first-order valence-electron chi connectivity index (χ1n) is 7.42. The van der Waals surface area contributed by atoms with Crippen LogP contribution in [0.5, 0.6) is 0 Å². The topological polar surface area (TPSA) is 32.7 Å². The largest absolute Gasteiger partial charge is 0.379 e. The van der Waals surface area contributed by atoms with Gasteiger partial charge in [0.15, 0.2) is 0 Å². The van der Waals surface area contributed by atoms with E-state index in [-0.39, 0.29) is 0 Å². The average Bonchev–Trinajstić information content (AvgIpc) is 2.57. The van der Waals surface area contributed by atoms with Crippen molar-refractivity contribution in [2.24, 2.45) is 0 Å². The van der Waals surface area contributed by atoms with Gasteiger partial charge >= 0.3 is 0 Å². The third-order valence-corrected chi connectivity index (χ3v) is 4.06. The third kappa shape index (κ3) is 3.16. The van der Waals surface area contributed by atoms with Crippen LogP contribution in [-0.2, 0) is 10.3 Å². The molecule has 2 aromatic carbocycles. The minimum absolute atomic E-state index is 0.588. The second kappa shape index (κ2) is 6.39. The highest BCUT2D eigenvalue weighted by Gasteiger charge is 2.33. The second-order valence-corrected chi connectivity index (χ2v) is 5.48. The smallest absolute Gasteiger partial charge is 0.127 e. The summed E-state index contributed by atoms with van der Waals surface area (Å²) in [5.74, 6) is 0. The molecule has 2 aromatic rings. The number of morpholine rings is 1. The van der Waals surface area contributed by atoms with Gasteiger partial charge in [-0.15, -0.1) is 0 Å². The van der Waals surface area contributed by atoms with Crippen LogP contribution in [0, 0.1) is 0 Å². The molecule has 1 fully saturated rings. The first-order chi connectivity index (χ1) is 10.3. The number of hydrogen-bond acceptors (Lipinski definition) is 3. The van der Waals surface area contributed by atoms with Gasteiger partial charge in [-0.3, -0.25) is 4.90 Å². The highest BCUT2D eigenvalue weighted by atomic mass is 16.5. The Balaban J connectivity index is 1.94. The van der Waals surface area contributed by atoms with E-state index in [0.29, 0.717) is 6.54 Å². The Hall–Kier alpha value is -1.68. The summed E-state index contributed by atoms with van der Waals surface area (Å²) in [6.07, 6.45) is 0. The number of benzene rings is 2. The third-order valence-electron chi connectivity index (χ3n) is 4.06. The molecule has 21 heavy (non-hydrogen) atoms. The zero-order valence-electron chi connectivity index (χ0n) is 12.1. The summed E-state index contributed by atoms with van der Waals surface area (Å²) < 4.78 is 5.40. The Morgan fingerprint density at radius 3 is 1.81 bits per heavy atom. The normalized spacial score (nSPS) is 16.8. The van der Waals surface area contributed by atoms with Crippen molar-refractivity contribution in [2.45, 2.75) is 5.60 Å². The van der Waals surface area contributed by atoms with Gasteiger partial charge in [0.1, 0.15) is 5.60 Å². The van der Waals surface area contributed by atoms with E-state index in [0.717, 1.165) is 37.4 Å². The maximum absolute atomic E-state index is 11.4. The van der Waals surface area contributed by atoms with Crippen molar-refractivity contribution in [1.29, 1.82) is 0 Å². The van der Waals surface area contributed by atoms with Gasteiger partial charge in [-0.25, -0.2) is 0 Å². The van der Waals surface area contributed by atoms with Gasteiger partial charge < -0.3 is 9.84 Å². The number of hydrogen-bond donors (Lipinski definition) is 1. The van der Waals surface area contributed by atoms with Crippen LogP contribution in [0.4, 0.5) is 0 Å². The molecule has 1 saturated heterocycles. The predicted molar refractivity (Wildman–Crippen MR) is 83.1 cm³/mol. The standard InChI is InChI=1S/C18H21NO2/c20-18(16-7-3-1-4-8-16,17-9-5-2-6-10-17)15-19-11-13-21-14-12-19/h1-10,20H,11-15H2. The molecule has 0 spiro atoms. The van der Waals surface area contributed by atoms with Crippen molar-refractivity contribution in [3.8, 4) is 0 Å². The lowest BCUT2D eigenvalue weighted by molar-refractivity contribution is -0.0148. The number of rotatable bonds is 4. The molecule has 1 aliphatic heterocycles. The molecule has 0 atom stereocenters. The van der Waals surface area contributed by atoms with Crippen molar-refractivity contribution in [3.63, 3.8) is 0 Å². The fraction of sp³-hybridized carbons (Fsp3) is 0.333. The van der Waals surface area contributed by atoms with Gasteiger partial charge in [-0.1, -0.05) is 60.7 Å². The molecule has 110 valence electrons. The van der Waals surface area contributed by atoms with E-state index in [1.54, 1.807) is 0 Å². The van der Waals surface area contributed by atoms with Crippen LogP contribution in [0.25, 0.3) is 0 Å². The number of ether oxygens (including phenoxy) is 1. The van der Waals surface area contributed by atoms with Gasteiger partial charge in [0.2, 0.25) is 0 Å². The summed E-state index contributed by atoms with van der Waals surface area (Å²) in [5, 5.41) is 11.4. The summed E-state index contributed by atoms with van der Waals surface area (Å²) in [6.45, 7) is 3.79. The molecule has 3 nitrogen and oxygen atoms in total. The van der Waals surface area contributed by atoms with E-state index in [9.17, 15) is 5.11 Å². The van der Waals surface area contributed by atoms with Gasteiger partial charge in [0.25, 0.3) is 0 Å². The Kier molecular flexibility index (Phi) is 4.34. The van der Waals surface area contributed by atoms with Crippen molar-refractivity contribution in [2.75, 3.05) is 32.8 Å². The molecule has 0 aromatic heterocycles. The lowest BCUT2D eigenvalue weighted by Gasteiger charge is -2.36. The van der Waals surface area contributed by atoms with Crippen molar-refractivity contribution in [1.82, 2.24) is 4.90 Å². The van der Waals surface area contributed by atoms with Crippen LogP contribution in [0.2, 0.25) is 0 Å². The molecule has 1 aliphatic rings. The molecule has 3 rings (SSSR count). The average molecular weight is 283 g/mol. The second-order valence-electron chi connectivity index (χ2n) is 5.48. The van der Waals surface area contributed by atoms with E-state index < -0.39 is 5.60 Å². The summed E-state index contributed by atoms with van der Waals surface area (Å²) >= 11 is 0. The Morgan fingerprint density at radius 1 is 0.857 bits per heavy atom. The molecule has 0 bridgehead atoms. The van der Waals surface area contributed by atoms with Crippen LogP contribution in [-0.4, -0.2) is 42.9 Å².